The molecule has 78 valence electrons. The molecular weight excluding hydrogens is 319 g/mol. The van der Waals surface area contributed by atoms with Gasteiger partial charge >= 0.3 is 0 Å². The highest BCUT2D eigenvalue weighted by Crippen LogP contribution is 2.14. The van der Waals surface area contributed by atoms with E-state index in [9.17, 15) is 0 Å². The van der Waals surface area contributed by atoms with Crippen LogP contribution in [0.2, 0.25) is 0 Å². The van der Waals surface area contributed by atoms with E-state index in [4.69, 9.17) is 4.74 Å². The molecule has 0 bridgehead atoms. The molecule has 1 aromatic heterocycles. The number of halogens is 1. The molecule has 0 spiro atoms. The van der Waals surface area contributed by atoms with Crippen molar-refractivity contribution in [2.75, 3.05) is 0 Å². The highest BCUT2D eigenvalue weighted by atomic mass is 127. The van der Waals surface area contributed by atoms with Crippen molar-refractivity contribution >= 4 is 33.9 Å². The number of hydrogen-bond donors (Lipinski definition) is 0. The van der Waals surface area contributed by atoms with Gasteiger partial charge in [-0.1, -0.05) is 18.2 Å². The third-order valence-corrected chi connectivity index (χ3v) is 3.85. The van der Waals surface area contributed by atoms with E-state index in [1.54, 1.807) is 11.3 Å². The molecule has 0 N–H and O–H groups in total. The van der Waals surface area contributed by atoms with E-state index in [2.05, 4.69) is 51.6 Å². The number of ether oxygens (including phenoxy) is 1. The number of hydrogen-bond acceptors (Lipinski definition) is 2. The summed E-state index contributed by atoms with van der Waals surface area (Å²) in [5.41, 5.74) is 2.51. The van der Waals surface area contributed by atoms with Crippen molar-refractivity contribution in [1.29, 1.82) is 0 Å². The van der Waals surface area contributed by atoms with Gasteiger partial charge in [-0.15, -0.1) is 0 Å². The maximum Gasteiger partial charge on any atom is 0.0731 e. The van der Waals surface area contributed by atoms with Crippen LogP contribution in [0.1, 0.15) is 11.1 Å². The van der Waals surface area contributed by atoms with Gasteiger partial charge in [0.1, 0.15) is 0 Å². The number of thiophene rings is 1. The summed E-state index contributed by atoms with van der Waals surface area (Å²) in [5.74, 6) is 0. The molecule has 0 aliphatic carbocycles. The van der Waals surface area contributed by atoms with Gasteiger partial charge in [-0.05, 0) is 56.6 Å². The SMILES string of the molecule is Ic1ccccc1COCc1ccsc1. The third kappa shape index (κ3) is 3.29. The first-order valence-electron chi connectivity index (χ1n) is 4.68. The van der Waals surface area contributed by atoms with Gasteiger partial charge in [0.15, 0.2) is 0 Å². The molecule has 1 aromatic carbocycles. The Labute approximate surface area is 107 Å². The van der Waals surface area contributed by atoms with E-state index in [1.807, 2.05) is 12.1 Å². The van der Waals surface area contributed by atoms with Crippen LogP contribution in [0.15, 0.2) is 41.1 Å². The largest absolute Gasteiger partial charge is 0.372 e. The second-order valence-corrected chi connectivity index (χ2v) is 5.16. The fraction of sp³-hybridized carbons (Fsp3) is 0.167. The molecule has 0 saturated heterocycles. The minimum Gasteiger partial charge on any atom is -0.372 e. The molecule has 2 aromatic rings. The second-order valence-electron chi connectivity index (χ2n) is 3.22. The second kappa shape index (κ2) is 5.63. The molecule has 0 radical (unpaired) electrons. The van der Waals surface area contributed by atoms with Crippen molar-refractivity contribution in [3.05, 3.63) is 55.8 Å². The molecule has 0 atom stereocenters. The number of benzene rings is 1. The van der Waals surface area contributed by atoms with Crippen LogP contribution in [0, 0.1) is 3.57 Å². The van der Waals surface area contributed by atoms with Gasteiger partial charge in [-0.2, -0.15) is 11.3 Å². The topological polar surface area (TPSA) is 9.23 Å². The zero-order chi connectivity index (χ0) is 10.5. The minimum atomic E-state index is 0.689. The quantitative estimate of drug-likeness (QED) is 0.768. The summed E-state index contributed by atoms with van der Waals surface area (Å²) < 4.78 is 6.91. The van der Waals surface area contributed by atoms with E-state index in [-0.39, 0.29) is 0 Å². The van der Waals surface area contributed by atoms with Crippen LogP contribution >= 0.6 is 33.9 Å². The van der Waals surface area contributed by atoms with Crippen LogP contribution in [0.3, 0.4) is 0 Å². The lowest BCUT2D eigenvalue weighted by atomic mass is 10.2. The molecule has 2 rings (SSSR count). The van der Waals surface area contributed by atoms with Crippen LogP contribution in [0.25, 0.3) is 0 Å². The monoisotopic (exact) mass is 330 g/mol. The summed E-state index contributed by atoms with van der Waals surface area (Å²) >= 11 is 4.04. The van der Waals surface area contributed by atoms with Crippen molar-refractivity contribution in [2.24, 2.45) is 0 Å². The highest BCUT2D eigenvalue weighted by molar-refractivity contribution is 14.1. The predicted molar refractivity (Wildman–Crippen MR) is 72.0 cm³/mol. The fourth-order valence-corrected chi connectivity index (χ4v) is 2.47. The Morgan fingerprint density at radius 2 is 2.00 bits per heavy atom. The summed E-state index contributed by atoms with van der Waals surface area (Å²) in [7, 11) is 0. The summed E-state index contributed by atoms with van der Waals surface area (Å²) in [6.07, 6.45) is 0. The maximum atomic E-state index is 5.65. The molecule has 3 heteroatoms. The molecule has 0 amide bonds. The van der Waals surface area contributed by atoms with E-state index in [0.717, 1.165) is 0 Å². The lowest BCUT2D eigenvalue weighted by Crippen LogP contribution is -1.94. The van der Waals surface area contributed by atoms with Gasteiger partial charge in [-0.3, -0.25) is 0 Å². The first-order valence-corrected chi connectivity index (χ1v) is 6.70. The Bertz CT molecular complexity index is 411. The molecule has 1 heterocycles. The van der Waals surface area contributed by atoms with Gasteiger partial charge < -0.3 is 4.74 Å². The first kappa shape index (κ1) is 11.1. The normalized spacial score (nSPS) is 10.5. The lowest BCUT2D eigenvalue weighted by molar-refractivity contribution is 0.107. The van der Waals surface area contributed by atoms with Crippen LogP contribution in [0.5, 0.6) is 0 Å². The van der Waals surface area contributed by atoms with Crippen LogP contribution < -0.4 is 0 Å². The Morgan fingerprint density at radius 3 is 2.73 bits per heavy atom. The fourth-order valence-electron chi connectivity index (χ4n) is 1.27. The molecule has 0 fully saturated rings. The van der Waals surface area contributed by atoms with Crippen LogP contribution in [0.4, 0.5) is 0 Å². The minimum absolute atomic E-state index is 0.689. The molecule has 15 heavy (non-hydrogen) atoms. The Kier molecular flexibility index (Phi) is 4.17. The van der Waals surface area contributed by atoms with E-state index < -0.39 is 0 Å². The van der Waals surface area contributed by atoms with Crippen molar-refractivity contribution < 1.29 is 4.74 Å². The van der Waals surface area contributed by atoms with E-state index >= 15 is 0 Å². The number of rotatable bonds is 4. The summed E-state index contributed by atoms with van der Waals surface area (Å²) in [6, 6.07) is 10.4. The molecule has 0 saturated carbocycles. The van der Waals surface area contributed by atoms with Gasteiger partial charge in [0.05, 0.1) is 13.2 Å². The average Bonchev–Trinajstić information content (AvgIpc) is 2.74. The van der Waals surface area contributed by atoms with Gasteiger partial charge in [0, 0.05) is 3.57 Å². The third-order valence-electron chi connectivity index (χ3n) is 2.06. The van der Waals surface area contributed by atoms with Gasteiger partial charge in [-0.25, -0.2) is 0 Å². The van der Waals surface area contributed by atoms with Gasteiger partial charge in [0.25, 0.3) is 0 Å². The molecule has 0 unspecified atom stereocenters. The van der Waals surface area contributed by atoms with Crippen LogP contribution in [-0.2, 0) is 18.0 Å². The standard InChI is InChI=1S/C12H11IOS/c13-12-4-2-1-3-11(12)8-14-7-10-5-6-15-9-10/h1-6,9H,7-8H2. The predicted octanol–water partition coefficient (Wildman–Crippen LogP) is 4.07. The maximum absolute atomic E-state index is 5.65. The summed E-state index contributed by atoms with van der Waals surface area (Å²) in [5, 5.41) is 4.20. The zero-order valence-corrected chi connectivity index (χ0v) is 11.1. The smallest absolute Gasteiger partial charge is 0.0731 e. The Morgan fingerprint density at radius 1 is 1.13 bits per heavy atom. The van der Waals surface area contributed by atoms with Crippen molar-refractivity contribution in [1.82, 2.24) is 0 Å². The van der Waals surface area contributed by atoms with Crippen molar-refractivity contribution in [3.8, 4) is 0 Å². The highest BCUT2D eigenvalue weighted by Gasteiger charge is 1.98. The zero-order valence-electron chi connectivity index (χ0n) is 8.15. The molecule has 0 aliphatic rings. The van der Waals surface area contributed by atoms with Crippen molar-refractivity contribution in [2.45, 2.75) is 13.2 Å². The molecule has 1 nitrogen and oxygen atoms in total. The lowest BCUT2D eigenvalue weighted by Gasteiger charge is -2.04. The first-order chi connectivity index (χ1) is 7.36. The summed E-state index contributed by atoms with van der Waals surface area (Å²) in [4.78, 5) is 0. The van der Waals surface area contributed by atoms with Crippen molar-refractivity contribution in [3.63, 3.8) is 0 Å². The molecular formula is C12H11IOS. The average molecular weight is 330 g/mol. The van der Waals surface area contributed by atoms with Crippen LogP contribution in [-0.4, -0.2) is 0 Å². The van der Waals surface area contributed by atoms with E-state index in [0.29, 0.717) is 13.2 Å². The summed E-state index contributed by atoms with van der Waals surface area (Å²) in [6.45, 7) is 1.39. The Hall–Kier alpha value is -0.390. The molecule has 0 aliphatic heterocycles. The van der Waals surface area contributed by atoms with E-state index in [1.165, 1.54) is 14.7 Å². The Balaban J connectivity index is 1.86. The van der Waals surface area contributed by atoms with Gasteiger partial charge in [0.2, 0.25) is 0 Å².